The second kappa shape index (κ2) is 6.33. The summed E-state index contributed by atoms with van der Waals surface area (Å²) in [6.07, 6.45) is 7.96. The van der Waals surface area contributed by atoms with Gasteiger partial charge in [0.2, 0.25) is 0 Å². The van der Waals surface area contributed by atoms with Gasteiger partial charge in [0.1, 0.15) is 0 Å². The van der Waals surface area contributed by atoms with Gasteiger partial charge >= 0.3 is 0 Å². The lowest BCUT2D eigenvalue weighted by Crippen LogP contribution is -2.35. The van der Waals surface area contributed by atoms with Gasteiger partial charge in [0.25, 0.3) is 0 Å². The summed E-state index contributed by atoms with van der Waals surface area (Å²) in [4.78, 5) is 4.37. The third kappa shape index (κ3) is 3.81. The second-order valence-corrected chi connectivity index (χ2v) is 6.20. The standard InChI is InChI=1S/C16H26N2/c1-12-9-13(2)11-14(10-12)16(17)7-6-15-5-3-4-8-18-15/h3-5,8,12-14,16H,6-7,9-11,17H2,1-2H3. The van der Waals surface area contributed by atoms with Crippen molar-refractivity contribution in [2.24, 2.45) is 23.5 Å². The molecule has 1 aromatic heterocycles. The second-order valence-electron chi connectivity index (χ2n) is 6.20. The molecule has 0 amide bonds. The van der Waals surface area contributed by atoms with Crippen LogP contribution in [0.4, 0.5) is 0 Å². The van der Waals surface area contributed by atoms with Crippen LogP contribution in [0.25, 0.3) is 0 Å². The van der Waals surface area contributed by atoms with E-state index in [1.54, 1.807) is 0 Å². The molecule has 18 heavy (non-hydrogen) atoms. The Morgan fingerprint density at radius 1 is 1.22 bits per heavy atom. The molecule has 1 aliphatic carbocycles. The molecule has 1 saturated carbocycles. The van der Waals surface area contributed by atoms with Crippen LogP contribution < -0.4 is 5.73 Å². The summed E-state index contributed by atoms with van der Waals surface area (Å²) >= 11 is 0. The zero-order chi connectivity index (χ0) is 13.0. The molecular formula is C16H26N2. The first-order chi connectivity index (χ1) is 8.65. The smallest absolute Gasteiger partial charge is 0.0404 e. The highest BCUT2D eigenvalue weighted by atomic mass is 14.7. The number of aryl methyl sites for hydroxylation is 1. The van der Waals surface area contributed by atoms with Crippen molar-refractivity contribution in [1.29, 1.82) is 0 Å². The first-order valence-corrected chi connectivity index (χ1v) is 7.30. The molecule has 100 valence electrons. The largest absolute Gasteiger partial charge is 0.327 e. The Kier molecular flexibility index (Phi) is 4.76. The average Bonchev–Trinajstić information content (AvgIpc) is 2.36. The molecule has 2 N–H and O–H groups in total. The Labute approximate surface area is 111 Å². The van der Waals surface area contributed by atoms with Crippen LogP contribution in [0.2, 0.25) is 0 Å². The van der Waals surface area contributed by atoms with Crippen LogP contribution in [-0.4, -0.2) is 11.0 Å². The van der Waals surface area contributed by atoms with Crippen molar-refractivity contribution < 1.29 is 0 Å². The summed E-state index contributed by atoms with van der Waals surface area (Å²) < 4.78 is 0. The van der Waals surface area contributed by atoms with Gasteiger partial charge in [-0.1, -0.05) is 19.9 Å². The Morgan fingerprint density at radius 3 is 2.56 bits per heavy atom. The van der Waals surface area contributed by atoms with Crippen LogP contribution in [0.15, 0.2) is 24.4 Å². The van der Waals surface area contributed by atoms with Gasteiger partial charge in [0.15, 0.2) is 0 Å². The van der Waals surface area contributed by atoms with Gasteiger partial charge in [-0.3, -0.25) is 4.98 Å². The predicted octanol–water partition coefficient (Wildman–Crippen LogP) is 3.41. The van der Waals surface area contributed by atoms with E-state index in [4.69, 9.17) is 5.73 Å². The molecular weight excluding hydrogens is 220 g/mol. The SMILES string of the molecule is CC1CC(C)CC(C(N)CCc2ccccn2)C1. The van der Waals surface area contributed by atoms with E-state index >= 15 is 0 Å². The van der Waals surface area contributed by atoms with E-state index in [0.29, 0.717) is 12.0 Å². The van der Waals surface area contributed by atoms with E-state index < -0.39 is 0 Å². The van der Waals surface area contributed by atoms with Gasteiger partial charge in [0.05, 0.1) is 0 Å². The minimum Gasteiger partial charge on any atom is -0.327 e. The molecule has 0 radical (unpaired) electrons. The maximum atomic E-state index is 6.39. The van der Waals surface area contributed by atoms with Gasteiger partial charge in [-0.05, 0) is 62.0 Å². The topological polar surface area (TPSA) is 38.9 Å². The van der Waals surface area contributed by atoms with E-state index in [1.165, 1.54) is 25.0 Å². The van der Waals surface area contributed by atoms with Crippen LogP contribution in [-0.2, 0) is 6.42 Å². The number of aromatic nitrogens is 1. The summed E-state index contributed by atoms with van der Waals surface area (Å²) in [5, 5.41) is 0. The lowest BCUT2D eigenvalue weighted by molar-refractivity contribution is 0.188. The summed E-state index contributed by atoms with van der Waals surface area (Å²) in [5.74, 6) is 2.41. The minimum absolute atomic E-state index is 0.345. The van der Waals surface area contributed by atoms with E-state index in [-0.39, 0.29) is 0 Å². The number of hydrogen-bond donors (Lipinski definition) is 1. The van der Waals surface area contributed by atoms with E-state index in [2.05, 4.69) is 31.0 Å². The quantitative estimate of drug-likeness (QED) is 0.884. The molecule has 2 heteroatoms. The fourth-order valence-electron chi connectivity index (χ4n) is 3.46. The molecule has 0 aliphatic heterocycles. The van der Waals surface area contributed by atoms with Crippen LogP contribution in [0.5, 0.6) is 0 Å². The number of nitrogens with zero attached hydrogens (tertiary/aromatic N) is 1. The zero-order valence-electron chi connectivity index (χ0n) is 11.7. The van der Waals surface area contributed by atoms with Crippen LogP contribution in [0.1, 0.15) is 45.2 Å². The highest BCUT2D eigenvalue weighted by Gasteiger charge is 2.27. The lowest BCUT2D eigenvalue weighted by Gasteiger charge is -2.35. The lowest BCUT2D eigenvalue weighted by atomic mass is 9.73. The van der Waals surface area contributed by atoms with Crippen molar-refractivity contribution in [3.63, 3.8) is 0 Å². The fourth-order valence-corrected chi connectivity index (χ4v) is 3.46. The molecule has 3 atom stereocenters. The van der Waals surface area contributed by atoms with Gasteiger partial charge in [-0.2, -0.15) is 0 Å². The fraction of sp³-hybridized carbons (Fsp3) is 0.688. The van der Waals surface area contributed by atoms with Crippen molar-refractivity contribution in [3.05, 3.63) is 30.1 Å². The molecule has 3 unspecified atom stereocenters. The van der Waals surface area contributed by atoms with Gasteiger partial charge in [-0.25, -0.2) is 0 Å². The third-order valence-electron chi connectivity index (χ3n) is 4.28. The Bertz CT molecular complexity index is 339. The summed E-state index contributed by atoms with van der Waals surface area (Å²) in [6, 6.07) is 6.46. The highest BCUT2D eigenvalue weighted by Crippen LogP contribution is 2.34. The molecule has 1 aliphatic rings. The predicted molar refractivity (Wildman–Crippen MR) is 76.2 cm³/mol. The Morgan fingerprint density at radius 2 is 1.94 bits per heavy atom. The average molecular weight is 246 g/mol. The minimum atomic E-state index is 0.345. The van der Waals surface area contributed by atoms with Crippen molar-refractivity contribution in [2.75, 3.05) is 0 Å². The van der Waals surface area contributed by atoms with Crippen molar-refractivity contribution >= 4 is 0 Å². The number of hydrogen-bond acceptors (Lipinski definition) is 2. The number of pyridine rings is 1. The maximum Gasteiger partial charge on any atom is 0.0404 e. The third-order valence-corrected chi connectivity index (χ3v) is 4.28. The normalized spacial score (nSPS) is 30.1. The molecule has 0 saturated heterocycles. The molecule has 0 spiro atoms. The Balaban J connectivity index is 1.82. The molecule has 1 fully saturated rings. The van der Waals surface area contributed by atoms with Gasteiger partial charge in [0, 0.05) is 17.9 Å². The molecule has 0 aromatic carbocycles. The molecule has 0 bridgehead atoms. The number of rotatable bonds is 4. The Hall–Kier alpha value is -0.890. The molecule has 2 rings (SSSR count). The molecule has 1 aromatic rings. The van der Waals surface area contributed by atoms with Crippen molar-refractivity contribution in [1.82, 2.24) is 4.98 Å². The van der Waals surface area contributed by atoms with E-state index in [9.17, 15) is 0 Å². The van der Waals surface area contributed by atoms with Crippen molar-refractivity contribution in [3.8, 4) is 0 Å². The van der Waals surface area contributed by atoms with Gasteiger partial charge in [-0.15, -0.1) is 0 Å². The first-order valence-electron chi connectivity index (χ1n) is 7.30. The summed E-state index contributed by atoms with van der Waals surface area (Å²) in [7, 11) is 0. The first kappa shape index (κ1) is 13.5. The van der Waals surface area contributed by atoms with E-state index in [0.717, 1.165) is 24.7 Å². The summed E-state index contributed by atoms with van der Waals surface area (Å²) in [6.45, 7) is 4.74. The highest BCUT2D eigenvalue weighted by molar-refractivity contribution is 5.03. The van der Waals surface area contributed by atoms with Crippen molar-refractivity contribution in [2.45, 2.75) is 52.0 Å². The van der Waals surface area contributed by atoms with Gasteiger partial charge < -0.3 is 5.73 Å². The van der Waals surface area contributed by atoms with Crippen LogP contribution in [0.3, 0.4) is 0 Å². The van der Waals surface area contributed by atoms with Crippen LogP contribution in [0, 0.1) is 17.8 Å². The van der Waals surface area contributed by atoms with Crippen LogP contribution >= 0.6 is 0 Å². The van der Waals surface area contributed by atoms with E-state index in [1.807, 2.05) is 12.3 Å². The zero-order valence-corrected chi connectivity index (χ0v) is 11.7. The molecule has 2 nitrogen and oxygen atoms in total. The summed E-state index contributed by atoms with van der Waals surface area (Å²) in [5.41, 5.74) is 7.56. The maximum absolute atomic E-state index is 6.39. The number of nitrogens with two attached hydrogens (primary N) is 1. The monoisotopic (exact) mass is 246 g/mol. The molecule has 1 heterocycles.